The normalized spacial score (nSPS) is 11.4. The van der Waals surface area contributed by atoms with E-state index in [-0.39, 0.29) is 11.3 Å². The second kappa shape index (κ2) is 10.6. The standard InChI is InChI=1S/C26H27IN2O3/c1-26(2,3)21-12-10-20(11-13-21)25(30)29-28-16-19-14-22(27)24(23(15-19)31-4)32-17-18-8-6-5-7-9-18/h5-16H,17H2,1-4H3,(H,29,30)/b28-16-. The van der Waals surface area contributed by atoms with Gasteiger partial charge in [0.05, 0.1) is 16.9 Å². The first-order valence-electron chi connectivity index (χ1n) is 10.3. The van der Waals surface area contributed by atoms with E-state index in [0.29, 0.717) is 23.7 Å². The third kappa shape index (κ3) is 6.32. The Morgan fingerprint density at radius 3 is 2.38 bits per heavy atom. The van der Waals surface area contributed by atoms with Gasteiger partial charge in [-0.2, -0.15) is 5.10 Å². The molecule has 6 heteroatoms. The number of nitrogens with one attached hydrogen (secondary N) is 1. The molecule has 0 bridgehead atoms. The first-order valence-corrected chi connectivity index (χ1v) is 11.3. The van der Waals surface area contributed by atoms with E-state index in [4.69, 9.17) is 9.47 Å². The molecule has 0 heterocycles. The van der Waals surface area contributed by atoms with Gasteiger partial charge in [-0.05, 0) is 69.0 Å². The van der Waals surface area contributed by atoms with Crippen molar-refractivity contribution < 1.29 is 14.3 Å². The van der Waals surface area contributed by atoms with Crippen LogP contribution in [0.3, 0.4) is 0 Å². The van der Waals surface area contributed by atoms with E-state index < -0.39 is 0 Å². The van der Waals surface area contributed by atoms with Crippen molar-refractivity contribution in [2.75, 3.05) is 7.11 Å². The van der Waals surface area contributed by atoms with Crippen molar-refractivity contribution in [1.29, 1.82) is 0 Å². The van der Waals surface area contributed by atoms with Crippen molar-refractivity contribution in [3.8, 4) is 11.5 Å². The number of rotatable bonds is 7. The van der Waals surface area contributed by atoms with E-state index >= 15 is 0 Å². The van der Waals surface area contributed by atoms with Crippen LogP contribution in [0.15, 0.2) is 71.8 Å². The third-order valence-electron chi connectivity index (χ3n) is 4.87. The summed E-state index contributed by atoms with van der Waals surface area (Å²) in [7, 11) is 1.60. The number of halogens is 1. The summed E-state index contributed by atoms with van der Waals surface area (Å²) in [5.74, 6) is 1.03. The van der Waals surface area contributed by atoms with Crippen LogP contribution in [0.25, 0.3) is 0 Å². The molecule has 0 spiro atoms. The Kier molecular flexibility index (Phi) is 7.90. The van der Waals surface area contributed by atoms with Crippen LogP contribution in [0.4, 0.5) is 0 Å². The van der Waals surface area contributed by atoms with Crippen LogP contribution in [0.1, 0.15) is 47.8 Å². The highest BCUT2D eigenvalue weighted by Gasteiger charge is 2.14. The van der Waals surface area contributed by atoms with E-state index in [9.17, 15) is 4.79 Å². The van der Waals surface area contributed by atoms with E-state index in [1.807, 2.05) is 66.7 Å². The maximum Gasteiger partial charge on any atom is 0.271 e. The molecule has 0 aromatic heterocycles. The maximum atomic E-state index is 12.4. The molecule has 0 aliphatic carbocycles. The molecule has 1 N–H and O–H groups in total. The molecule has 1 amide bonds. The van der Waals surface area contributed by atoms with Crippen molar-refractivity contribution in [3.63, 3.8) is 0 Å². The van der Waals surface area contributed by atoms with Crippen molar-refractivity contribution in [2.45, 2.75) is 32.8 Å². The smallest absolute Gasteiger partial charge is 0.271 e. The summed E-state index contributed by atoms with van der Waals surface area (Å²) >= 11 is 2.21. The number of ether oxygens (including phenoxy) is 2. The molecule has 0 saturated carbocycles. The lowest BCUT2D eigenvalue weighted by atomic mass is 9.87. The largest absolute Gasteiger partial charge is 0.493 e. The van der Waals surface area contributed by atoms with Gasteiger partial charge in [-0.15, -0.1) is 0 Å². The van der Waals surface area contributed by atoms with Gasteiger partial charge >= 0.3 is 0 Å². The summed E-state index contributed by atoms with van der Waals surface area (Å²) in [6, 6.07) is 21.3. The number of hydrogen-bond acceptors (Lipinski definition) is 4. The number of hydrogen-bond donors (Lipinski definition) is 1. The number of carbonyl (C=O) groups is 1. The van der Waals surface area contributed by atoms with Gasteiger partial charge in [-0.3, -0.25) is 4.79 Å². The highest BCUT2D eigenvalue weighted by molar-refractivity contribution is 14.1. The molecule has 0 unspecified atom stereocenters. The van der Waals surface area contributed by atoms with Gasteiger partial charge in [0.15, 0.2) is 11.5 Å². The number of carbonyl (C=O) groups excluding carboxylic acids is 1. The zero-order valence-corrected chi connectivity index (χ0v) is 20.8. The van der Waals surface area contributed by atoms with Crippen molar-refractivity contribution >= 4 is 34.7 Å². The van der Waals surface area contributed by atoms with E-state index in [1.54, 1.807) is 13.3 Å². The molecule has 3 aromatic rings. The number of methoxy groups -OCH3 is 1. The fraction of sp³-hybridized carbons (Fsp3) is 0.231. The summed E-state index contributed by atoms with van der Waals surface area (Å²) in [4.78, 5) is 12.4. The van der Waals surface area contributed by atoms with E-state index in [1.165, 1.54) is 5.56 Å². The first-order chi connectivity index (χ1) is 15.3. The fourth-order valence-corrected chi connectivity index (χ4v) is 3.82. The van der Waals surface area contributed by atoms with E-state index in [0.717, 1.165) is 14.7 Å². The monoisotopic (exact) mass is 542 g/mol. The molecule has 0 aliphatic rings. The van der Waals surface area contributed by atoms with Crippen LogP contribution < -0.4 is 14.9 Å². The minimum absolute atomic E-state index is 0.0420. The van der Waals surface area contributed by atoms with Gasteiger partial charge in [-0.25, -0.2) is 5.43 Å². The number of nitrogens with zero attached hydrogens (tertiary/aromatic N) is 1. The van der Waals surface area contributed by atoms with Crippen LogP contribution >= 0.6 is 22.6 Å². The summed E-state index contributed by atoms with van der Waals surface area (Å²) < 4.78 is 12.4. The Hall–Kier alpha value is -2.87. The minimum atomic E-state index is -0.258. The summed E-state index contributed by atoms with van der Waals surface area (Å²) in [5.41, 5.74) is 6.23. The second-order valence-electron chi connectivity index (χ2n) is 8.33. The molecule has 5 nitrogen and oxygen atoms in total. The van der Waals surface area contributed by atoms with Crippen LogP contribution in [-0.2, 0) is 12.0 Å². The molecular formula is C26H27IN2O3. The lowest BCUT2D eigenvalue weighted by Crippen LogP contribution is -2.18. The Morgan fingerprint density at radius 1 is 1.06 bits per heavy atom. The molecule has 166 valence electrons. The minimum Gasteiger partial charge on any atom is -0.493 e. The second-order valence-corrected chi connectivity index (χ2v) is 9.50. The molecule has 3 aromatic carbocycles. The van der Waals surface area contributed by atoms with Crippen LogP contribution in [-0.4, -0.2) is 19.2 Å². The average Bonchev–Trinajstić information content (AvgIpc) is 2.78. The molecule has 3 rings (SSSR count). The summed E-state index contributed by atoms with van der Waals surface area (Å²) in [6.07, 6.45) is 1.59. The maximum absolute atomic E-state index is 12.4. The number of benzene rings is 3. The van der Waals surface area contributed by atoms with E-state index in [2.05, 4.69) is 53.9 Å². The summed E-state index contributed by atoms with van der Waals surface area (Å²) in [5, 5.41) is 4.10. The highest BCUT2D eigenvalue weighted by Crippen LogP contribution is 2.34. The van der Waals surface area contributed by atoms with Gasteiger partial charge in [0.1, 0.15) is 6.61 Å². The summed E-state index contributed by atoms with van der Waals surface area (Å²) in [6.45, 7) is 6.87. The molecule has 0 aliphatic heterocycles. The van der Waals surface area contributed by atoms with Crippen molar-refractivity contribution in [3.05, 3.63) is 92.6 Å². The van der Waals surface area contributed by atoms with Gasteiger partial charge < -0.3 is 9.47 Å². The Balaban J connectivity index is 1.66. The highest BCUT2D eigenvalue weighted by atomic mass is 127. The fourth-order valence-electron chi connectivity index (χ4n) is 3.04. The number of hydrazone groups is 1. The average molecular weight is 542 g/mol. The van der Waals surface area contributed by atoms with Crippen molar-refractivity contribution in [2.24, 2.45) is 5.10 Å². The molecule has 0 atom stereocenters. The molecule has 0 radical (unpaired) electrons. The van der Waals surface area contributed by atoms with Gasteiger partial charge in [0, 0.05) is 5.56 Å². The predicted octanol–water partition coefficient (Wildman–Crippen LogP) is 5.94. The first kappa shape index (κ1) is 23.8. The SMILES string of the molecule is COc1cc(/C=N\NC(=O)c2ccc(C(C)(C)C)cc2)cc(I)c1OCc1ccccc1. The molecule has 32 heavy (non-hydrogen) atoms. The van der Waals surface area contributed by atoms with Crippen LogP contribution in [0.5, 0.6) is 11.5 Å². The zero-order valence-electron chi connectivity index (χ0n) is 18.7. The quantitative estimate of drug-likeness (QED) is 0.229. The lowest BCUT2D eigenvalue weighted by Gasteiger charge is -2.18. The Bertz CT molecular complexity index is 1090. The van der Waals surface area contributed by atoms with Gasteiger partial charge in [0.25, 0.3) is 5.91 Å². The Labute approximate surface area is 203 Å². The van der Waals surface area contributed by atoms with Crippen LogP contribution in [0, 0.1) is 3.57 Å². The third-order valence-corrected chi connectivity index (χ3v) is 5.67. The zero-order chi connectivity index (χ0) is 23.1. The predicted molar refractivity (Wildman–Crippen MR) is 137 cm³/mol. The van der Waals surface area contributed by atoms with Gasteiger partial charge in [0.2, 0.25) is 0 Å². The Morgan fingerprint density at radius 2 is 1.75 bits per heavy atom. The van der Waals surface area contributed by atoms with Crippen molar-refractivity contribution in [1.82, 2.24) is 5.43 Å². The molecule has 0 fully saturated rings. The van der Waals surface area contributed by atoms with Gasteiger partial charge in [-0.1, -0.05) is 63.2 Å². The topological polar surface area (TPSA) is 59.9 Å². The van der Waals surface area contributed by atoms with Crippen LogP contribution in [0.2, 0.25) is 0 Å². The molecular weight excluding hydrogens is 515 g/mol. The lowest BCUT2D eigenvalue weighted by molar-refractivity contribution is 0.0955. The molecule has 0 saturated heterocycles. The number of amides is 1.